The maximum Gasteiger partial charge on any atom is 0.220 e. The van der Waals surface area contributed by atoms with Gasteiger partial charge in [-0.05, 0) is 54.0 Å². The van der Waals surface area contributed by atoms with Gasteiger partial charge < -0.3 is 10.2 Å². The number of carbonyl (C=O) groups excluding carboxylic acids is 2. The lowest BCUT2D eigenvalue weighted by Crippen LogP contribution is -2.30. The van der Waals surface area contributed by atoms with Crippen molar-refractivity contribution in [2.24, 2.45) is 5.92 Å². The van der Waals surface area contributed by atoms with E-state index in [0.29, 0.717) is 12.3 Å². The molecule has 0 saturated carbocycles. The Morgan fingerprint density at radius 2 is 2.19 bits per heavy atom. The summed E-state index contributed by atoms with van der Waals surface area (Å²) in [5, 5.41) is 3.15. The monoisotopic (exact) mass is 363 g/mol. The van der Waals surface area contributed by atoms with E-state index in [9.17, 15) is 9.59 Å². The van der Waals surface area contributed by atoms with E-state index in [-0.39, 0.29) is 11.9 Å². The summed E-state index contributed by atoms with van der Waals surface area (Å²) < 4.78 is 0. The lowest BCUT2D eigenvalue weighted by atomic mass is 9.81. The Bertz CT molecular complexity index is 893. The summed E-state index contributed by atoms with van der Waals surface area (Å²) >= 11 is 0. The van der Waals surface area contributed by atoms with Crippen LogP contribution < -0.4 is 5.32 Å². The van der Waals surface area contributed by atoms with Crippen LogP contribution in [0.25, 0.3) is 5.57 Å². The zero-order valence-electron chi connectivity index (χ0n) is 15.9. The molecule has 0 radical (unpaired) electrons. The van der Waals surface area contributed by atoms with E-state index in [1.165, 1.54) is 22.4 Å². The number of nitrogens with one attached hydrogen (secondary N) is 1. The maximum atomic E-state index is 11.9. The van der Waals surface area contributed by atoms with Crippen LogP contribution in [0.3, 0.4) is 0 Å². The number of likely N-dealkylation sites (tertiary alicyclic amines) is 1. The van der Waals surface area contributed by atoms with E-state index in [2.05, 4.69) is 28.4 Å². The summed E-state index contributed by atoms with van der Waals surface area (Å²) in [5.74, 6) is 2.50. The summed E-state index contributed by atoms with van der Waals surface area (Å²) in [6, 6.07) is 0.0613. The first-order valence-electron chi connectivity index (χ1n) is 9.77. The molecule has 140 valence electrons. The summed E-state index contributed by atoms with van der Waals surface area (Å²) in [6.45, 7) is 1.88. The van der Waals surface area contributed by atoms with Crippen LogP contribution in [0.2, 0.25) is 0 Å². The molecule has 1 unspecified atom stereocenters. The van der Waals surface area contributed by atoms with Crippen molar-refractivity contribution < 1.29 is 9.59 Å². The third-order valence-corrected chi connectivity index (χ3v) is 6.08. The Morgan fingerprint density at radius 3 is 2.96 bits per heavy atom. The topological polar surface area (TPSA) is 62.3 Å². The minimum atomic E-state index is 0.0613. The zero-order valence-corrected chi connectivity index (χ0v) is 15.9. The number of allylic oxidation sites excluding steroid dienone is 5. The number of pyridine rings is 1. The van der Waals surface area contributed by atoms with Crippen molar-refractivity contribution in [2.45, 2.75) is 51.5 Å². The van der Waals surface area contributed by atoms with Gasteiger partial charge in [0.05, 0.1) is 6.04 Å². The molecule has 3 aliphatic rings. The zero-order chi connectivity index (χ0) is 19.0. The molecular formula is C22H25N3O2. The highest BCUT2D eigenvalue weighted by Gasteiger charge is 2.34. The molecule has 0 spiro atoms. The molecule has 2 aliphatic carbocycles. The maximum absolute atomic E-state index is 11.9. The number of rotatable bonds is 3. The SMILES string of the molecule is CCC(=O)N[C@@H]1CCCc2c(C3=CC=C4C(CC(=C=O)N4C)C3)cncc21. The Kier molecular flexibility index (Phi) is 4.71. The van der Waals surface area contributed by atoms with Gasteiger partial charge in [-0.25, -0.2) is 4.79 Å². The molecule has 1 aliphatic heterocycles. The Labute approximate surface area is 159 Å². The van der Waals surface area contributed by atoms with Crippen LogP contribution in [0.15, 0.2) is 35.9 Å². The minimum Gasteiger partial charge on any atom is -0.349 e. The van der Waals surface area contributed by atoms with Gasteiger partial charge in [0.1, 0.15) is 11.6 Å². The van der Waals surface area contributed by atoms with Crippen LogP contribution in [0.4, 0.5) is 0 Å². The van der Waals surface area contributed by atoms with Crippen molar-refractivity contribution in [1.29, 1.82) is 0 Å². The normalized spacial score (nSPS) is 23.8. The van der Waals surface area contributed by atoms with Gasteiger partial charge in [-0.1, -0.05) is 13.0 Å². The fourth-order valence-electron chi connectivity index (χ4n) is 4.60. The molecule has 1 amide bonds. The van der Waals surface area contributed by atoms with Gasteiger partial charge in [-0.3, -0.25) is 9.78 Å². The average Bonchev–Trinajstić information content (AvgIpc) is 3.03. The van der Waals surface area contributed by atoms with E-state index < -0.39 is 0 Å². The average molecular weight is 363 g/mol. The first-order valence-corrected chi connectivity index (χ1v) is 9.77. The molecule has 0 aromatic carbocycles. The van der Waals surface area contributed by atoms with E-state index >= 15 is 0 Å². The van der Waals surface area contributed by atoms with Crippen LogP contribution in [0, 0.1) is 5.92 Å². The van der Waals surface area contributed by atoms with Crippen molar-refractivity contribution in [3.8, 4) is 0 Å². The van der Waals surface area contributed by atoms with Gasteiger partial charge in [-0.15, -0.1) is 0 Å². The summed E-state index contributed by atoms with van der Waals surface area (Å²) in [7, 11) is 1.94. The van der Waals surface area contributed by atoms with Gasteiger partial charge in [0.25, 0.3) is 0 Å². The molecule has 5 nitrogen and oxygen atoms in total. The molecule has 1 saturated heterocycles. The third kappa shape index (κ3) is 3.13. The van der Waals surface area contributed by atoms with Crippen molar-refractivity contribution in [1.82, 2.24) is 15.2 Å². The molecule has 2 heterocycles. The van der Waals surface area contributed by atoms with Gasteiger partial charge >= 0.3 is 0 Å². The molecule has 27 heavy (non-hydrogen) atoms. The highest BCUT2D eigenvalue weighted by Crippen LogP contribution is 2.44. The second-order valence-corrected chi connectivity index (χ2v) is 7.62. The van der Waals surface area contributed by atoms with Crippen molar-refractivity contribution >= 4 is 17.4 Å². The second-order valence-electron chi connectivity index (χ2n) is 7.62. The van der Waals surface area contributed by atoms with Crippen LogP contribution in [-0.2, 0) is 16.0 Å². The molecule has 1 aromatic heterocycles. The Balaban J connectivity index is 1.66. The first kappa shape index (κ1) is 17.7. The molecule has 2 atom stereocenters. The highest BCUT2D eigenvalue weighted by atomic mass is 16.1. The standard InChI is InChI=1S/C22H25N3O2/c1-3-22(27)24-20-6-4-5-17-18(11-23-12-19(17)20)14-7-8-21-15(9-14)10-16(13-26)25(21)2/h7-8,11-12,15,20H,3-6,9-10H2,1-2H3,(H,24,27)/t15?,20-/m1/s1. The molecule has 0 bridgehead atoms. The van der Waals surface area contributed by atoms with Gasteiger partial charge in [0.2, 0.25) is 5.91 Å². The Morgan fingerprint density at radius 1 is 1.33 bits per heavy atom. The fourth-order valence-corrected chi connectivity index (χ4v) is 4.60. The van der Waals surface area contributed by atoms with Crippen LogP contribution >= 0.6 is 0 Å². The predicted octanol–water partition coefficient (Wildman–Crippen LogP) is 3.32. The van der Waals surface area contributed by atoms with E-state index in [0.717, 1.165) is 43.4 Å². The number of amides is 1. The number of nitrogens with zero attached hydrogens (tertiary/aromatic N) is 2. The van der Waals surface area contributed by atoms with Crippen molar-refractivity contribution in [2.75, 3.05) is 7.05 Å². The quantitative estimate of drug-likeness (QED) is 0.837. The second kappa shape index (κ2) is 7.16. The van der Waals surface area contributed by atoms with Gasteiger partial charge in [0.15, 0.2) is 0 Å². The highest BCUT2D eigenvalue weighted by molar-refractivity contribution is 5.77. The predicted molar refractivity (Wildman–Crippen MR) is 104 cm³/mol. The lowest BCUT2D eigenvalue weighted by Gasteiger charge is -2.29. The molecule has 1 fully saturated rings. The molecular weight excluding hydrogens is 338 g/mol. The van der Waals surface area contributed by atoms with Crippen LogP contribution in [0.1, 0.15) is 61.8 Å². The van der Waals surface area contributed by atoms with Gasteiger partial charge in [-0.2, -0.15) is 0 Å². The molecule has 4 rings (SSSR count). The first-order chi connectivity index (χ1) is 13.1. The van der Waals surface area contributed by atoms with Crippen molar-refractivity contribution in [3.63, 3.8) is 0 Å². The van der Waals surface area contributed by atoms with Crippen molar-refractivity contribution in [3.05, 3.63) is 52.6 Å². The number of hydrogen-bond acceptors (Lipinski definition) is 4. The van der Waals surface area contributed by atoms with Gasteiger partial charge in [0, 0.05) is 43.9 Å². The minimum absolute atomic E-state index is 0.0613. The lowest BCUT2D eigenvalue weighted by molar-refractivity contribution is -0.121. The molecule has 1 N–H and O–H groups in total. The summed E-state index contributed by atoms with van der Waals surface area (Å²) in [6.07, 6.45) is 13.4. The van der Waals surface area contributed by atoms with Crippen LogP contribution in [0.5, 0.6) is 0 Å². The molecule has 1 aromatic rings. The van der Waals surface area contributed by atoms with E-state index in [1.807, 2.05) is 31.3 Å². The smallest absolute Gasteiger partial charge is 0.220 e. The Hall–Kier alpha value is -2.65. The van der Waals surface area contributed by atoms with E-state index in [4.69, 9.17) is 0 Å². The number of carbonyl (C=O) groups is 1. The summed E-state index contributed by atoms with van der Waals surface area (Å²) in [5.41, 5.74) is 6.88. The molecule has 5 heteroatoms. The van der Waals surface area contributed by atoms with E-state index in [1.54, 1.807) is 0 Å². The largest absolute Gasteiger partial charge is 0.349 e. The third-order valence-electron chi connectivity index (χ3n) is 6.08. The summed E-state index contributed by atoms with van der Waals surface area (Å²) in [4.78, 5) is 29.5. The number of aromatic nitrogens is 1. The number of fused-ring (bicyclic) bond motifs is 2. The van der Waals surface area contributed by atoms with Crippen LogP contribution in [-0.4, -0.2) is 28.8 Å². The number of hydrogen-bond donors (Lipinski definition) is 1. The fraction of sp³-hybridized carbons (Fsp3) is 0.455.